The van der Waals surface area contributed by atoms with Gasteiger partial charge in [0, 0.05) is 51.2 Å². The fraction of sp³-hybridized carbons (Fsp3) is 0.280. The number of rotatable bonds is 5. The summed E-state index contributed by atoms with van der Waals surface area (Å²) in [6.07, 6.45) is 7.43. The van der Waals surface area contributed by atoms with Gasteiger partial charge in [-0.15, -0.1) is 0 Å². The minimum atomic E-state index is 0.844. The molecule has 1 saturated heterocycles. The summed E-state index contributed by atoms with van der Waals surface area (Å²) < 4.78 is 0. The van der Waals surface area contributed by atoms with Gasteiger partial charge in [0.15, 0.2) is 0 Å². The second kappa shape index (κ2) is 8.67. The maximum absolute atomic E-state index is 4.91. The van der Waals surface area contributed by atoms with Crippen molar-refractivity contribution in [1.82, 2.24) is 14.9 Å². The molecule has 3 heterocycles. The van der Waals surface area contributed by atoms with Crippen molar-refractivity contribution < 1.29 is 0 Å². The molecule has 2 aliphatic rings. The minimum absolute atomic E-state index is 0.844. The van der Waals surface area contributed by atoms with Crippen LogP contribution in [-0.2, 0) is 6.42 Å². The predicted octanol–water partition coefficient (Wildman–Crippen LogP) is 4.01. The van der Waals surface area contributed by atoms with E-state index in [2.05, 4.69) is 86.4 Å². The number of benzene rings is 2. The van der Waals surface area contributed by atoms with Gasteiger partial charge < -0.3 is 9.80 Å². The van der Waals surface area contributed by atoms with Crippen molar-refractivity contribution in [2.45, 2.75) is 6.42 Å². The molecule has 0 aliphatic carbocycles. The van der Waals surface area contributed by atoms with E-state index in [4.69, 9.17) is 4.98 Å². The Morgan fingerprint density at radius 3 is 2.50 bits per heavy atom. The first kappa shape index (κ1) is 18.8. The number of fused-ring (bicyclic) bond motifs is 1. The SMILES string of the molecule is C(=C\c1ccccc1)/CN1CCN(c2nccc(N3CCc4ccccc43)n2)CC1. The molecule has 2 aliphatic heterocycles. The quantitative estimate of drug-likeness (QED) is 0.650. The molecule has 5 heteroatoms. The van der Waals surface area contributed by atoms with E-state index in [0.717, 1.165) is 57.5 Å². The average Bonchev–Trinajstić information content (AvgIpc) is 3.25. The van der Waals surface area contributed by atoms with Crippen LogP contribution < -0.4 is 9.80 Å². The molecule has 3 aromatic rings. The zero-order valence-electron chi connectivity index (χ0n) is 17.2. The van der Waals surface area contributed by atoms with E-state index in [1.807, 2.05) is 12.3 Å². The van der Waals surface area contributed by atoms with Crippen LogP contribution in [0.1, 0.15) is 11.1 Å². The van der Waals surface area contributed by atoms with E-state index in [-0.39, 0.29) is 0 Å². The predicted molar refractivity (Wildman–Crippen MR) is 123 cm³/mol. The van der Waals surface area contributed by atoms with E-state index in [9.17, 15) is 0 Å². The van der Waals surface area contributed by atoms with Gasteiger partial charge in [0.2, 0.25) is 5.95 Å². The number of piperazine rings is 1. The van der Waals surface area contributed by atoms with E-state index in [1.54, 1.807) is 0 Å². The van der Waals surface area contributed by atoms with Crippen molar-refractivity contribution in [2.24, 2.45) is 0 Å². The fourth-order valence-electron chi connectivity index (χ4n) is 4.25. The Balaban J connectivity index is 1.20. The molecule has 5 nitrogen and oxygen atoms in total. The van der Waals surface area contributed by atoms with Crippen LogP contribution in [0, 0.1) is 0 Å². The fourth-order valence-corrected chi connectivity index (χ4v) is 4.25. The van der Waals surface area contributed by atoms with Crippen LogP contribution in [0.2, 0.25) is 0 Å². The summed E-state index contributed by atoms with van der Waals surface area (Å²) in [5.74, 6) is 1.84. The number of aromatic nitrogens is 2. The molecular formula is C25H27N5. The average molecular weight is 398 g/mol. The van der Waals surface area contributed by atoms with Crippen molar-refractivity contribution in [3.63, 3.8) is 0 Å². The van der Waals surface area contributed by atoms with Crippen LogP contribution in [0.5, 0.6) is 0 Å². The van der Waals surface area contributed by atoms with Gasteiger partial charge in [0.25, 0.3) is 0 Å². The first-order chi connectivity index (χ1) is 14.9. The summed E-state index contributed by atoms with van der Waals surface area (Å²) in [5.41, 5.74) is 3.93. The third kappa shape index (κ3) is 4.07. The summed E-state index contributed by atoms with van der Waals surface area (Å²) in [5, 5.41) is 0. The Kier molecular flexibility index (Phi) is 5.44. The van der Waals surface area contributed by atoms with Crippen molar-refractivity contribution in [3.8, 4) is 0 Å². The summed E-state index contributed by atoms with van der Waals surface area (Å²) >= 11 is 0. The number of hydrogen-bond acceptors (Lipinski definition) is 5. The lowest BCUT2D eigenvalue weighted by Gasteiger charge is -2.34. The lowest BCUT2D eigenvalue weighted by Crippen LogP contribution is -2.47. The van der Waals surface area contributed by atoms with Crippen LogP contribution >= 0.6 is 0 Å². The molecule has 5 rings (SSSR count). The van der Waals surface area contributed by atoms with Gasteiger partial charge in [-0.3, -0.25) is 4.90 Å². The molecule has 0 atom stereocenters. The van der Waals surface area contributed by atoms with Crippen molar-refractivity contribution in [3.05, 3.63) is 84.1 Å². The van der Waals surface area contributed by atoms with Gasteiger partial charge >= 0.3 is 0 Å². The van der Waals surface area contributed by atoms with Gasteiger partial charge in [0.05, 0.1) is 0 Å². The Bertz CT molecular complexity index is 1010. The third-order valence-corrected chi connectivity index (χ3v) is 5.92. The zero-order chi connectivity index (χ0) is 20.2. The third-order valence-electron chi connectivity index (χ3n) is 5.92. The second-order valence-corrected chi connectivity index (χ2v) is 7.85. The van der Waals surface area contributed by atoms with Crippen molar-refractivity contribution >= 4 is 23.5 Å². The Hall–Kier alpha value is -3.18. The van der Waals surface area contributed by atoms with Crippen LogP contribution in [0.3, 0.4) is 0 Å². The topological polar surface area (TPSA) is 35.5 Å². The van der Waals surface area contributed by atoms with Crippen LogP contribution in [0.4, 0.5) is 17.5 Å². The molecule has 152 valence electrons. The van der Waals surface area contributed by atoms with Crippen LogP contribution in [-0.4, -0.2) is 54.1 Å². The number of anilines is 3. The largest absolute Gasteiger partial charge is 0.338 e. The Morgan fingerprint density at radius 1 is 0.833 bits per heavy atom. The molecule has 0 radical (unpaired) electrons. The molecule has 2 aromatic carbocycles. The molecule has 0 spiro atoms. The Labute approximate surface area is 178 Å². The number of para-hydroxylation sites is 1. The van der Waals surface area contributed by atoms with E-state index in [1.165, 1.54) is 16.8 Å². The highest BCUT2D eigenvalue weighted by molar-refractivity contribution is 5.67. The number of nitrogens with zero attached hydrogens (tertiary/aromatic N) is 5. The molecule has 0 saturated carbocycles. The summed E-state index contributed by atoms with van der Waals surface area (Å²) in [4.78, 5) is 16.6. The van der Waals surface area contributed by atoms with E-state index in [0.29, 0.717) is 0 Å². The molecule has 0 unspecified atom stereocenters. The van der Waals surface area contributed by atoms with E-state index >= 15 is 0 Å². The molecule has 30 heavy (non-hydrogen) atoms. The molecule has 0 amide bonds. The van der Waals surface area contributed by atoms with Crippen LogP contribution in [0.15, 0.2) is 72.9 Å². The standard InChI is InChI=1S/C25H27N5/c1-2-7-21(8-3-1)9-6-15-28-17-19-29(20-18-28)25-26-14-12-24(27-25)30-16-13-22-10-4-5-11-23(22)30/h1-12,14H,13,15-20H2/b9-6+. The van der Waals surface area contributed by atoms with E-state index < -0.39 is 0 Å². The summed E-state index contributed by atoms with van der Waals surface area (Å²) in [6.45, 7) is 5.93. The van der Waals surface area contributed by atoms with Gasteiger partial charge in [0.1, 0.15) is 5.82 Å². The van der Waals surface area contributed by atoms with Gasteiger partial charge in [-0.05, 0) is 29.7 Å². The maximum atomic E-state index is 4.91. The highest BCUT2D eigenvalue weighted by Gasteiger charge is 2.23. The normalized spacial score (nSPS) is 16.9. The van der Waals surface area contributed by atoms with Crippen molar-refractivity contribution in [2.75, 3.05) is 49.1 Å². The van der Waals surface area contributed by atoms with Gasteiger partial charge in [-0.1, -0.05) is 60.7 Å². The first-order valence-electron chi connectivity index (χ1n) is 10.7. The van der Waals surface area contributed by atoms with Crippen LogP contribution in [0.25, 0.3) is 6.08 Å². The summed E-state index contributed by atoms with van der Waals surface area (Å²) in [6, 6.07) is 21.1. The zero-order valence-corrected chi connectivity index (χ0v) is 17.2. The second-order valence-electron chi connectivity index (χ2n) is 7.85. The van der Waals surface area contributed by atoms with Crippen molar-refractivity contribution in [1.29, 1.82) is 0 Å². The highest BCUT2D eigenvalue weighted by atomic mass is 15.3. The smallest absolute Gasteiger partial charge is 0.227 e. The molecule has 0 N–H and O–H groups in total. The molecule has 1 fully saturated rings. The highest BCUT2D eigenvalue weighted by Crippen LogP contribution is 2.33. The lowest BCUT2D eigenvalue weighted by molar-refractivity contribution is 0.283. The maximum Gasteiger partial charge on any atom is 0.227 e. The molecule has 0 bridgehead atoms. The minimum Gasteiger partial charge on any atom is -0.338 e. The first-order valence-corrected chi connectivity index (χ1v) is 10.7. The molecular weight excluding hydrogens is 370 g/mol. The summed E-state index contributed by atoms with van der Waals surface area (Å²) in [7, 11) is 0. The van der Waals surface area contributed by atoms with Gasteiger partial charge in [-0.25, -0.2) is 4.98 Å². The monoisotopic (exact) mass is 397 g/mol. The Morgan fingerprint density at radius 2 is 1.63 bits per heavy atom. The number of hydrogen-bond donors (Lipinski definition) is 0. The molecule has 1 aromatic heterocycles. The van der Waals surface area contributed by atoms with Gasteiger partial charge in [-0.2, -0.15) is 4.98 Å². The lowest BCUT2D eigenvalue weighted by atomic mass is 10.2.